The second-order valence-electron chi connectivity index (χ2n) is 4.58. The van der Waals surface area contributed by atoms with Gasteiger partial charge in [0.15, 0.2) is 5.03 Å². The quantitative estimate of drug-likeness (QED) is 0.752. The molecule has 110 valence electrons. The summed E-state index contributed by atoms with van der Waals surface area (Å²) in [6, 6.07) is 2.40. The summed E-state index contributed by atoms with van der Waals surface area (Å²) in [5.41, 5.74) is -0.0523. The predicted molar refractivity (Wildman–Crippen MR) is 70.6 cm³/mol. The number of carboxylic acids is 1. The molecule has 0 saturated carbocycles. The lowest BCUT2D eigenvalue weighted by Crippen LogP contribution is -2.52. The number of carbonyl (C=O) groups is 1. The van der Waals surface area contributed by atoms with E-state index in [0.29, 0.717) is 13.1 Å². The van der Waals surface area contributed by atoms with Gasteiger partial charge in [-0.15, -0.1) is 4.83 Å². The van der Waals surface area contributed by atoms with Gasteiger partial charge in [-0.2, -0.15) is 0 Å². The Labute approximate surface area is 117 Å². The molecular formula is C11H16N4O4S. The van der Waals surface area contributed by atoms with Crippen molar-refractivity contribution in [1.29, 1.82) is 0 Å². The van der Waals surface area contributed by atoms with E-state index < -0.39 is 16.0 Å². The zero-order valence-corrected chi connectivity index (χ0v) is 11.8. The van der Waals surface area contributed by atoms with Crippen molar-refractivity contribution in [2.45, 2.75) is 5.03 Å². The zero-order chi connectivity index (χ0) is 14.8. The van der Waals surface area contributed by atoms with E-state index in [9.17, 15) is 13.2 Å². The summed E-state index contributed by atoms with van der Waals surface area (Å²) in [6.45, 7) is 2.72. The molecule has 1 fully saturated rings. The minimum Gasteiger partial charge on any atom is -0.478 e. The number of rotatable bonds is 4. The van der Waals surface area contributed by atoms with Crippen LogP contribution in [-0.4, -0.2) is 67.6 Å². The number of hydrogen-bond acceptors (Lipinski definition) is 6. The molecule has 1 aliphatic heterocycles. The monoisotopic (exact) mass is 300 g/mol. The molecule has 0 bridgehead atoms. The van der Waals surface area contributed by atoms with Gasteiger partial charge in [-0.05, 0) is 19.2 Å². The average molecular weight is 300 g/mol. The van der Waals surface area contributed by atoms with Gasteiger partial charge in [0, 0.05) is 32.4 Å². The molecule has 0 aromatic carbocycles. The van der Waals surface area contributed by atoms with Crippen LogP contribution in [-0.2, 0) is 10.0 Å². The van der Waals surface area contributed by atoms with E-state index in [1.165, 1.54) is 12.1 Å². The van der Waals surface area contributed by atoms with Crippen molar-refractivity contribution >= 4 is 16.0 Å². The van der Waals surface area contributed by atoms with E-state index in [-0.39, 0.29) is 10.6 Å². The number of nitrogens with one attached hydrogen (secondary N) is 1. The van der Waals surface area contributed by atoms with Crippen LogP contribution in [0.1, 0.15) is 10.4 Å². The van der Waals surface area contributed by atoms with E-state index in [2.05, 4.69) is 14.7 Å². The van der Waals surface area contributed by atoms with Crippen LogP contribution in [0, 0.1) is 0 Å². The van der Waals surface area contributed by atoms with Crippen molar-refractivity contribution in [2.24, 2.45) is 0 Å². The lowest BCUT2D eigenvalue weighted by atomic mass is 10.3. The van der Waals surface area contributed by atoms with Gasteiger partial charge in [-0.25, -0.2) is 23.2 Å². The fraction of sp³-hybridized carbons (Fsp3) is 0.455. The lowest BCUT2D eigenvalue weighted by molar-refractivity contribution is 0.0696. The van der Waals surface area contributed by atoms with Crippen molar-refractivity contribution in [3.05, 3.63) is 23.9 Å². The third kappa shape index (κ3) is 3.51. The Balaban J connectivity index is 2.08. The summed E-state index contributed by atoms with van der Waals surface area (Å²) in [6.07, 6.45) is 1.03. The molecule has 1 aromatic heterocycles. The smallest absolute Gasteiger partial charge is 0.337 e. The first-order valence-electron chi connectivity index (χ1n) is 6.04. The number of aromatic carboxylic acids is 1. The number of sulfonamides is 1. The van der Waals surface area contributed by atoms with Crippen LogP contribution in [0.4, 0.5) is 0 Å². The Hall–Kier alpha value is -1.55. The third-order valence-electron chi connectivity index (χ3n) is 3.01. The topological polar surface area (TPSA) is 103 Å². The Kier molecular flexibility index (Phi) is 4.33. The van der Waals surface area contributed by atoms with E-state index in [0.717, 1.165) is 19.3 Å². The van der Waals surface area contributed by atoms with Gasteiger partial charge in [-0.3, -0.25) is 0 Å². The summed E-state index contributed by atoms with van der Waals surface area (Å²) in [4.78, 5) is 18.9. The molecule has 1 aliphatic rings. The molecule has 0 spiro atoms. The van der Waals surface area contributed by atoms with E-state index in [4.69, 9.17) is 5.11 Å². The molecule has 1 saturated heterocycles. The molecule has 0 amide bonds. The summed E-state index contributed by atoms with van der Waals surface area (Å²) in [7, 11) is -1.80. The average Bonchev–Trinajstić information content (AvgIpc) is 2.41. The van der Waals surface area contributed by atoms with Crippen LogP contribution >= 0.6 is 0 Å². The first kappa shape index (κ1) is 14.9. The van der Waals surface area contributed by atoms with Crippen LogP contribution in [0.2, 0.25) is 0 Å². The van der Waals surface area contributed by atoms with Crippen molar-refractivity contribution in [2.75, 3.05) is 33.2 Å². The molecule has 1 aromatic rings. The van der Waals surface area contributed by atoms with Crippen LogP contribution in [0.5, 0.6) is 0 Å². The first-order chi connectivity index (χ1) is 9.38. The van der Waals surface area contributed by atoms with Crippen molar-refractivity contribution in [3.8, 4) is 0 Å². The molecule has 0 atom stereocenters. The molecule has 0 aliphatic carbocycles. The van der Waals surface area contributed by atoms with Crippen LogP contribution in [0.15, 0.2) is 23.4 Å². The molecule has 2 N–H and O–H groups in total. The highest BCUT2D eigenvalue weighted by Crippen LogP contribution is 2.08. The van der Waals surface area contributed by atoms with Crippen LogP contribution in [0.3, 0.4) is 0 Å². The Morgan fingerprint density at radius 1 is 1.30 bits per heavy atom. The highest BCUT2D eigenvalue weighted by atomic mass is 32.2. The van der Waals surface area contributed by atoms with Crippen molar-refractivity contribution < 1.29 is 18.3 Å². The number of pyridine rings is 1. The van der Waals surface area contributed by atoms with Crippen LogP contribution in [0.25, 0.3) is 0 Å². The van der Waals surface area contributed by atoms with E-state index in [1.807, 2.05) is 7.05 Å². The van der Waals surface area contributed by atoms with Gasteiger partial charge < -0.3 is 10.0 Å². The van der Waals surface area contributed by atoms with Gasteiger partial charge in [0.1, 0.15) is 0 Å². The standard InChI is InChI=1S/C11H16N4O4S/c1-14-4-6-15(7-5-14)13-20(18,19)10-3-2-9(8-12-10)11(16)17/h2-3,8,13H,4-7H2,1H3,(H,16,17). The highest BCUT2D eigenvalue weighted by Gasteiger charge is 2.22. The SMILES string of the molecule is CN1CCN(NS(=O)(=O)c2ccc(C(=O)O)cn2)CC1. The Morgan fingerprint density at radius 3 is 2.45 bits per heavy atom. The molecule has 0 unspecified atom stereocenters. The number of aromatic nitrogens is 1. The lowest BCUT2D eigenvalue weighted by Gasteiger charge is -2.31. The van der Waals surface area contributed by atoms with Gasteiger partial charge in [0.05, 0.1) is 5.56 Å². The number of hydrazine groups is 1. The van der Waals surface area contributed by atoms with Crippen molar-refractivity contribution in [3.63, 3.8) is 0 Å². The number of piperazine rings is 1. The third-order valence-corrected chi connectivity index (χ3v) is 4.30. The van der Waals surface area contributed by atoms with Crippen LogP contribution < -0.4 is 4.83 Å². The fourth-order valence-electron chi connectivity index (χ4n) is 1.78. The molecule has 2 rings (SSSR count). The first-order valence-corrected chi connectivity index (χ1v) is 7.52. The molecule has 0 radical (unpaired) electrons. The zero-order valence-electron chi connectivity index (χ0n) is 11.0. The molecule has 2 heterocycles. The second-order valence-corrected chi connectivity index (χ2v) is 6.18. The van der Waals surface area contributed by atoms with Crippen molar-refractivity contribution in [1.82, 2.24) is 19.7 Å². The molecule has 8 nitrogen and oxygen atoms in total. The summed E-state index contributed by atoms with van der Waals surface area (Å²) in [5.74, 6) is -1.14. The molecular weight excluding hydrogens is 284 g/mol. The van der Waals surface area contributed by atoms with Gasteiger partial charge in [0.2, 0.25) is 0 Å². The summed E-state index contributed by atoms with van der Waals surface area (Å²) in [5, 5.41) is 10.2. The number of carboxylic acid groups (broad SMARTS) is 1. The number of nitrogens with zero attached hydrogens (tertiary/aromatic N) is 3. The Morgan fingerprint density at radius 2 is 1.95 bits per heavy atom. The maximum absolute atomic E-state index is 12.1. The van der Waals surface area contributed by atoms with E-state index in [1.54, 1.807) is 5.01 Å². The van der Waals surface area contributed by atoms with Gasteiger partial charge in [-0.1, -0.05) is 0 Å². The molecule has 9 heteroatoms. The predicted octanol–water partition coefficient (Wildman–Crippen LogP) is -0.779. The summed E-state index contributed by atoms with van der Waals surface area (Å²) >= 11 is 0. The number of hydrogen-bond donors (Lipinski definition) is 2. The second kappa shape index (κ2) is 5.83. The van der Waals surface area contributed by atoms with E-state index >= 15 is 0 Å². The van der Waals surface area contributed by atoms with Gasteiger partial charge in [0.25, 0.3) is 10.0 Å². The largest absolute Gasteiger partial charge is 0.478 e. The fourth-order valence-corrected chi connectivity index (χ4v) is 2.83. The molecule has 20 heavy (non-hydrogen) atoms. The highest BCUT2D eigenvalue weighted by molar-refractivity contribution is 7.89. The maximum Gasteiger partial charge on any atom is 0.337 e. The Bertz CT molecular complexity index is 579. The normalized spacial score (nSPS) is 18.1. The minimum atomic E-state index is -3.77. The number of likely N-dealkylation sites (N-methyl/N-ethyl adjacent to an activating group) is 1. The minimum absolute atomic E-state index is 0.0523. The summed E-state index contributed by atoms with van der Waals surface area (Å²) < 4.78 is 24.2. The van der Waals surface area contributed by atoms with Gasteiger partial charge >= 0.3 is 5.97 Å². The maximum atomic E-state index is 12.1.